The second kappa shape index (κ2) is 4.99. The highest BCUT2D eigenvalue weighted by Crippen LogP contribution is 2.23. The zero-order valence-electron chi connectivity index (χ0n) is 8.67. The van der Waals surface area contributed by atoms with Crippen molar-refractivity contribution in [2.45, 2.75) is 37.8 Å². The van der Waals surface area contributed by atoms with Gasteiger partial charge in [-0.05, 0) is 25.7 Å². The molecule has 1 saturated carbocycles. The quantitative estimate of drug-likeness (QED) is 0.301. The van der Waals surface area contributed by atoms with Gasteiger partial charge in [0.05, 0.1) is 0 Å². The van der Waals surface area contributed by atoms with Crippen LogP contribution in [0, 0.1) is 0 Å². The molecule has 1 fully saturated rings. The first kappa shape index (κ1) is 12.5. The average molecular weight is 230 g/mol. The average Bonchev–Trinajstić information content (AvgIpc) is 2.27. The van der Waals surface area contributed by atoms with Crippen LogP contribution in [0.5, 0.6) is 0 Å². The Labute approximate surface area is 92.3 Å². The van der Waals surface area contributed by atoms with Crippen molar-refractivity contribution in [2.75, 3.05) is 0 Å². The normalized spacial score (nSPS) is 24.9. The lowest BCUT2D eigenvalue weighted by Gasteiger charge is -2.38. The summed E-state index contributed by atoms with van der Waals surface area (Å²) in [5, 5.41) is 22.2. The van der Waals surface area contributed by atoms with Gasteiger partial charge < -0.3 is 19.8 Å². The Hall–Kier alpha value is -1.54. The van der Waals surface area contributed by atoms with E-state index in [2.05, 4.69) is 0 Å². The van der Waals surface area contributed by atoms with Crippen LogP contribution in [0.1, 0.15) is 25.7 Å². The molecule has 2 amide bonds. The van der Waals surface area contributed by atoms with Crippen molar-refractivity contribution >= 4 is 12.2 Å². The number of nitrogens with zero attached hydrogens (tertiary/aromatic N) is 2. The number of carboxylic acid groups (broad SMARTS) is 2. The number of nitrogens with two attached hydrogens (primary N) is 2. The Bertz CT molecular complexity index is 249. The Morgan fingerprint density at radius 2 is 1.12 bits per heavy atom. The topological polar surface area (TPSA) is 139 Å². The molecule has 0 heterocycles. The van der Waals surface area contributed by atoms with E-state index >= 15 is 0 Å². The van der Waals surface area contributed by atoms with Gasteiger partial charge in [0.15, 0.2) is 12.2 Å². The molecule has 0 aromatic heterocycles. The largest absolute Gasteiger partial charge is 0.529 e. The third kappa shape index (κ3) is 2.74. The summed E-state index contributed by atoms with van der Waals surface area (Å²) in [4.78, 5) is 20.9. The molecule has 1 aliphatic rings. The third-order valence-corrected chi connectivity index (χ3v) is 2.87. The molecule has 1 aliphatic carbocycles. The van der Waals surface area contributed by atoms with Crippen LogP contribution in [0.15, 0.2) is 0 Å². The van der Waals surface area contributed by atoms with Gasteiger partial charge in [0.2, 0.25) is 0 Å². The maximum absolute atomic E-state index is 10.5. The minimum absolute atomic E-state index is 0.337. The Morgan fingerprint density at radius 1 is 0.875 bits per heavy atom. The predicted octanol–water partition coefficient (Wildman–Crippen LogP) is -2.66. The van der Waals surface area contributed by atoms with E-state index in [9.17, 15) is 19.8 Å². The Kier molecular flexibility index (Phi) is 3.91. The zero-order valence-corrected chi connectivity index (χ0v) is 8.67. The van der Waals surface area contributed by atoms with Gasteiger partial charge in [-0.1, -0.05) is 0 Å². The smallest absolute Gasteiger partial charge is 0.152 e. The highest BCUT2D eigenvalue weighted by atomic mass is 16.4. The van der Waals surface area contributed by atoms with Crippen molar-refractivity contribution in [3.05, 3.63) is 0 Å². The minimum Gasteiger partial charge on any atom is -0.529 e. The van der Waals surface area contributed by atoms with E-state index in [1.54, 1.807) is 0 Å². The van der Waals surface area contributed by atoms with Gasteiger partial charge in [-0.2, -0.15) is 0 Å². The van der Waals surface area contributed by atoms with Gasteiger partial charge in [-0.25, -0.2) is 11.7 Å². The molecule has 1 rings (SSSR count). The summed E-state index contributed by atoms with van der Waals surface area (Å²) >= 11 is 0. The fraction of sp³-hybridized carbons (Fsp3) is 0.750. The summed E-state index contributed by atoms with van der Waals surface area (Å²) in [6, 6.07) is -0.673. The van der Waals surface area contributed by atoms with Crippen LogP contribution in [0.2, 0.25) is 0 Å². The van der Waals surface area contributed by atoms with Crippen LogP contribution in [0.25, 0.3) is 0 Å². The van der Waals surface area contributed by atoms with E-state index in [-0.39, 0.29) is 12.1 Å². The maximum Gasteiger partial charge on any atom is 0.152 e. The molecule has 0 atom stereocenters. The van der Waals surface area contributed by atoms with E-state index in [1.165, 1.54) is 0 Å². The van der Waals surface area contributed by atoms with Crippen LogP contribution in [0.3, 0.4) is 0 Å². The Morgan fingerprint density at radius 3 is 1.31 bits per heavy atom. The number of hydrogen-bond donors (Lipinski definition) is 2. The highest BCUT2D eigenvalue weighted by Gasteiger charge is 2.27. The molecular weight excluding hydrogens is 216 g/mol. The van der Waals surface area contributed by atoms with Crippen LogP contribution >= 0.6 is 0 Å². The molecule has 0 bridgehead atoms. The highest BCUT2D eigenvalue weighted by molar-refractivity contribution is 5.62. The van der Waals surface area contributed by atoms with E-state index in [1.807, 2.05) is 0 Å². The summed E-state index contributed by atoms with van der Waals surface area (Å²) in [7, 11) is 0. The van der Waals surface area contributed by atoms with Crippen LogP contribution < -0.4 is 21.9 Å². The number of carbonyl (C=O) groups is 2. The summed E-state index contributed by atoms with van der Waals surface area (Å²) in [6.07, 6.45) is -1.06. The third-order valence-electron chi connectivity index (χ3n) is 2.87. The lowest BCUT2D eigenvalue weighted by molar-refractivity contribution is -0.272. The van der Waals surface area contributed by atoms with Crippen LogP contribution in [-0.4, -0.2) is 34.3 Å². The Balaban J connectivity index is 2.45. The SMILES string of the molecule is NN(C(=O)[O-])C1CCC(N(N)C(=O)[O-])CC1. The maximum atomic E-state index is 10.5. The molecule has 0 aromatic carbocycles. The molecule has 92 valence electrons. The number of hydrogen-bond acceptors (Lipinski definition) is 6. The van der Waals surface area contributed by atoms with Crippen molar-refractivity contribution in [1.82, 2.24) is 10.0 Å². The van der Waals surface area contributed by atoms with Gasteiger partial charge >= 0.3 is 0 Å². The van der Waals surface area contributed by atoms with Crippen molar-refractivity contribution in [3.8, 4) is 0 Å². The van der Waals surface area contributed by atoms with E-state index in [0.29, 0.717) is 35.7 Å². The molecule has 0 aliphatic heterocycles. The van der Waals surface area contributed by atoms with Gasteiger partial charge in [-0.3, -0.25) is 10.0 Å². The molecule has 4 N–H and O–H groups in total. The van der Waals surface area contributed by atoms with Crippen molar-refractivity contribution in [2.24, 2.45) is 11.7 Å². The standard InChI is InChI=1S/C8H16N4O4/c9-11(7(13)14)5-1-2-6(4-3-5)12(10)8(15)16/h5-6H,1-4,9-10H2,(H,13,14)(H,15,16)/p-2. The predicted molar refractivity (Wildman–Crippen MR) is 48.9 cm³/mol. The fourth-order valence-corrected chi connectivity index (χ4v) is 1.91. The van der Waals surface area contributed by atoms with Crippen molar-refractivity contribution in [3.63, 3.8) is 0 Å². The van der Waals surface area contributed by atoms with Gasteiger partial charge in [0.1, 0.15) is 0 Å². The monoisotopic (exact) mass is 230 g/mol. The molecule has 0 unspecified atom stereocenters. The van der Waals surface area contributed by atoms with Gasteiger partial charge in [0.25, 0.3) is 0 Å². The van der Waals surface area contributed by atoms with E-state index < -0.39 is 12.2 Å². The molecular formula is C8H14N4O4-2. The molecule has 0 radical (unpaired) electrons. The second-order valence-corrected chi connectivity index (χ2v) is 3.81. The molecule has 8 nitrogen and oxygen atoms in total. The van der Waals surface area contributed by atoms with Crippen molar-refractivity contribution in [1.29, 1.82) is 0 Å². The number of rotatable bonds is 2. The van der Waals surface area contributed by atoms with Gasteiger partial charge in [-0.15, -0.1) is 0 Å². The van der Waals surface area contributed by atoms with Crippen LogP contribution in [0.4, 0.5) is 9.59 Å². The first-order valence-electron chi connectivity index (χ1n) is 4.93. The van der Waals surface area contributed by atoms with E-state index in [0.717, 1.165) is 0 Å². The van der Waals surface area contributed by atoms with Crippen molar-refractivity contribution < 1.29 is 19.8 Å². The number of carbonyl (C=O) groups excluding carboxylic acids is 2. The molecule has 16 heavy (non-hydrogen) atoms. The molecule has 8 heteroatoms. The van der Waals surface area contributed by atoms with Crippen LogP contribution in [-0.2, 0) is 0 Å². The second-order valence-electron chi connectivity index (χ2n) is 3.81. The summed E-state index contributed by atoms with van der Waals surface area (Å²) in [6.45, 7) is 0. The summed E-state index contributed by atoms with van der Waals surface area (Å²) < 4.78 is 0. The lowest BCUT2D eigenvalue weighted by Crippen LogP contribution is -2.56. The molecule has 0 saturated heterocycles. The minimum atomic E-state index is -1.44. The first-order valence-corrected chi connectivity index (χ1v) is 4.93. The summed E-state index contributed by atoms with van der Waals surface area (Å²) in [5.74, 6) is 10.5. The fourth-order valence-electron chi connectivity index (χ4n) is 1.91. The lowest BCUT2D eigenvalue weighted by atomic mass is 9.90. The van der Waals surface area contributed by atoms with E-state index in [4.69, 9.17) is 11.7 Å². The molecule has 0 aromatic rings. The number of amides is 2. The zero-order chi connectivity index (χ0) is 12.3. The number of hydrazine groups is 2. The van der Waals surface area contributed by atoms with Gasteiger partial charge in [0, 0.05) is 12.1 Å². The first-order chi connectivity index (χ1) is 7.43. The molecule has 0 spiro atoms. The summed E-state index contributed by atoms with van der Waals surface area (Å²) in [5.41, 5.74) is 0.